The van der Waals surface area contributed by atoms with Crippen LogP contribution in [0.3, 0.4) is 0 Å². The Labute approximate surface area is 110 Å². The zero-order valence-electron chi connectivity index (χ0n) is 11.2. The lowest BCUT2D eigenvalue weighted by Crippen LogP contribution is -2.06. The van der Waals surface area contributed by atoms with Gasteiger partial charge in [-0.25, -0.2) is 0 Å². The minimum absolute atomic E-state index is 0.609. The number of halogens is 3. The predicted molar refractivity (Wildman–Crippen MR) is 70.2 cm³/mol. The molecule has 102 valence electrons. The highest BCUT2D eigenvalue weighted by molar-refractivity contribution is 5.84. The average Bonchev–Trinajstić information content (AvgIpc) is 2.35. The van der Waals surface area contributed by atoms with Crippen LogP contribution < -0.4 is 0 Å². The van der Waals surface area contributed by atoms with E-state index < -0.39 is 11.7 Å². The minimum Gasteiger partial charge on any atom is -0.253 e. The summed E-state index contributed by atoms with van der Waals surface area (Å²) in [5.41, 5.74) is 2.99. The summed E-state index contributed by atoms with van der Waals surface area (Å²) in [6.07, 6.45) is -2.81. The zero-order chi connectivity index (χ0) is 14.2. The van der Waals surface area contributed by atoms with Crippen molar-refractivity contribution in [2.75, 3.05) is 0 Å². The summed E-state index contributed by atoms with van der Waals surface area (Å²) < 4.78 is 38.4. The van der Waals surface area contributed by atoms with Crippen LogP contribution in [-0.4, -0.2) is 4.98 Å². The van der Waals surface area contributed by atoms with Crippen LogP contribution in [0.2, 0.25) is 0 Å². The van der Waals surface area contributed by atoms with E-state index in [9.17, 15) is 13.2 Å². The highest BCUT2D eigenvalue weighted by Crippen LogP contribution is 2.33. The van der Waals surface area contributed by atoms with E-state index in [-0.39, 0.29) is 0 Å². The van der Waals surface area contributed by atoms with Crippen LogP contribution in [0.15, 0.2) is 18.2 Å². The van der Waals surface area contributed by atoms with Crippen molar-refractivity contribution in [1.29, 1.82) is 0 Å². The molecule has 0 spiro atoms. The van der Waals surface area contributed by atoms with Gasteiger partial charge in [0.2, 0.25) is 0 Å². The number of benzene rings is 1. The number of rotatable bonds is 2. The van der Waals surface area contributed by atoms with E-state index in [1.54, 1.807) is 0 Å². The summed E-state index contributed by atoms with van der Waals surface area (Å²) >= 11 is 0. The monoisotopic (exact) mass is 267 g/mol. The third-order valence-corrected chi connectivity index (χ3v) is 3.45. The highest BCUT2D eigenvalue weighted by Gasteiger charge is 2.30. The van der Waals surface area contributed by atoms with Crippen LogP contribution >= 0.6 is 0 Å². The number of hydrogen-bond donors (Lipinski definition) is 0. The van der Waals surface area contributed by atoms with Crippen molar-refractivity contribution in [3.8, 4) is 0 Å². The molecule has 4 heteroatoms. The summed E-state index contributed by atoms with van der Waals surface area (Å²) in [6, 6.07) is 3.78. The molecule has 1 heterocycles. The molecular formula is C15H16F3N. The molecule has 0 saturated heterocycles. The van der Waals surface area contributed by atoms with Crippen LogP contribution in [0.5, 0.6) is 0 Å². The van der Waals surface area contributed by atoms with Crippen LogP contribution in [0, 0.1) is 6.92 Å². The number of aryl methyl sites for hydroxylation is 2. The van der Waals surface area contributed by atoms with Crippen LogP contribution in [-0.2, 0) is 19.0 Å². The fourth-order valence-electron chi connectivity index (χ4n) is 2.55. The first kappa shape index (κ1) is 13.8. The summed E-state index contributed by atoms with van der Waals surface area (Å²) in [5, 5.41) is 0.625. The van der Waals surface area contributed by atoms with Crippen molar-refractivity contribution in [1.82, 2.24) is 4.98 Å². The smallest absolute Gasteiger partial charge is 0.253 e. The van der Waals surface area contributed by atoms with Crippen LogP contribution in [0.1, 0.15) is 36.2 Å². The molecule has 0 amide bonds. The number of pyridine rings is 1. The lowest BCUT2D eigenvalue weighted by atomic mass is 9.96. The van der Waals surface area contributed by atoms with E-state index in [0.29, 0.717) is 17.3 Å². The van der Waals surface area contributed by atoms with Crippen LogP contribution in [0.25, 0.3) is 10.9 Å². The lowest BCUT2D eigenvalue weighted by Gasteiger charge is -2.14. The predicted octanol–water partition coefficient (Wildman–Crippen LogP) is 4.69. The van der Waals surface area contributed by atoms with Crippen molar-refractivity contribution in [2.24, 2.45) is 0 Å². The molecule has 0 bridgehead atoms. The number of hydrogen-bond acceptors (Lipinski definition) is 1. The largest absolute Gasteiger partial charge is 0.416 e. The van der Waals surface area contributed by atoms with Gasteiger partial charge in [-0.3, -0.25) is 4.98 Å². The molecule has 0 aliphatic rings. The first-order chi connectivity index (χ1) is 8.88. The van der Waals surface area contributed by atoms with Gasteiger partial charge in [0.25, 0.3) is 0 Å². The van der Waals surface area contributed by atoms with Gasteiger partial charge in [-0.1, -0.05) is 13.8 Å². The average molecular weight is 267 g/mol. The van der Waals surface area contributed by atoms with Gasteiger partial charge in [-0.15, -0.1) is 0 Å². The normalized spacial score (nSPS) is 12.1. The quantitative estimate of drug-likeness (QED) is 0.769. The van der Waals surface area contributed by atoms with Crippen molar-refractivity contribution in [3.63, 3.8) is 0 Å². The molecule has 1 aromatic carbocycles. The van der Waals surface area contributed by atoms with Gasteiger partial charge in [0.05, 0.1) is 11.1 Å². The Morgan fingerprint density at radius 1 is 1.05 bits per heavy atom. The van der Waals surface area contributed by atoms with E-state index in [2.05, 4.69) is 4.98 Å². The topological polar surface area (TPSA) is 12.9 Å². The minimum atomic E-state index is -4.31. The van der Waals surface area contributed by atoms with Crippen molar-refractivity contribution in [3.05, 3.63) is 40.6 Å². The Bertz CT molecular complexity index is 615. The van der Waals surface area contributed by atoms with E-state index in [0.717, 1.165) is 29.3 Å². The molecule has 19 heavy (non-hydrogen) atoms. The second kappa shape index (κ2) is 4.83. The second-order valence-corrected chi connectivity index (χ2v) is 4.59. The number of fused-ring (bicyclic) bond motifs is 1. The Balaban J connectivity index is 2.80. The first-order valence-electron chi connectivity index (χ1n) is 6.37. The molecule has 2 rings (SSSR count). The van der Waals surface area contributed by atoms with E-state index in [1.807, 2.05) is 20.8 Å². The van der Waals surface area contributed by atoms with Gasteiger partial charge in [0.15, 0.2) is 0 Å². The van der Waals surface area contributed by atoms with E-state index >= 15 is 0 Å². The van der Waals surface area contributed by atoms with Gasteiger partial charge in [-0.05, 0) is 49.1 Å². The maximum atomic E-state index is 12.8. The lowest BCUT2D eigenvalue weighted by molar-refractivity contribution is -0.137. The van der Waals surface area contributed by atoms with Crippen molar-refractivity contribution < 1.29 is 13.2 Å². The molecule has 1 aromatic heterocycles. The Morgan fingerprint density at radius 2 is 1.68 bits per heavy atom. The fraction of sp³-hybridized carbons (Fsp3) is 0.400. The summed E-state index contributed by atoms with van der Waals surface area (Å²) in [7, 11) is 0. The molecule has 2 aromatic rings. The van der Waals surface area contributed by atoms with E-state index in [1.165, 1.54) is 12.1 Å². The zero-order valence-corrected chi connectivity index (χ0v) is 11.2. The number of aromatic nitrogens is 1. The Morgan fingerprint density at radius 3 is 2.21 bits per heavy atom. The van der Waals surface area contributed by atoms with Crippen molar-refractivity contribution >= 4 is 10.9 Å². The number of nitrogens with zero attached hydrogens (tertiary/aromatic N) is 1. The van der Waals surface area contributed by atoms with E-state index in [4.69, 9.17) is 0 Å². The van der Waals surface area contributed by atoms with Gasteiger partial charge < -0.3 is 0 Å². The third-order valence-electron chi connectivity index (χ3n) is 3.45. The summed E-state index contributed by atoms with van der Waals surface area (Å²) in [5.74, 6) is 0. The molecule has 0 unspecified atom stereocenters. The Hall–Kier alpha value is -1.58. The van der Waals surface area contributed by atoms with Gasteiger partial charge >= 0.3 is 6.18 Å². The first-order valence-corrected chi connectivity index (χ1v) is 6.37. The Kier molecular flexibility index (Phi) is 3.52. The number of alkyl halides is 3. The summed E-state index contributed by atoms with van der Waals surface area (Å²) in [6.45, 7) is 5.88. The molecule has 0 atom stereocenters. The maximum absolute atomic E-state index is 12.8. The molecule has 1 nitrogen and oxygen atoms in total. The molecule has 0 saturated carbocycles. The SMILES string of the molecule is CCc1c(C)nc2ccc(C(F)(F)F)cc2c1CC. The second-order valence-electron chi connectivity index (χ2n) is 4.59. The maximum Gasteiger partial charge on any atom is 0.416 e. The standard InChI is InChI=1S/C15H16F3N/c1-4-11-9(3)19-14-7-6-10(15(16,17)18)8-13(14)12(11)5-2/h6-8H,4-5H2,1-3H3. The summed E-state index contributed by atoms with van der Waals surface area (Å²) in [4.78, 5) is 4.41. The molecule has 0 aliphatic carbocycles. The molecule has 0 aliphatic heterocycles. The van der Waals surface area contributed by atoms with Crippen molar-refractivity contribution in [2.45, 2.75) is 39.8 Å². The molecular weight excluding hydrogens is 251 g/mol. The van der Waals surface area contributed by atoms with Gasteiger partial charge in [-0.2, -0.15) is 13.2 Å². The highest BCUT2D eigenvalue weighted by atomic mass is 19.4. The van der Waals surface area contributed by atoms with Gasteiger partial charge in [0.1, 0.15) is 0 Å². The fourth-order valence-corrected chi connectivity index (χ4v) is 2.55. The van der Waals surface area contributed by atoms with Gasteiger partial charge in [0, 0.05) is 11.1 Å². The molecule has 0 N–H and O–H groups in total. The third kappa shape index (κ3) is 2.44. The molecule has 0 radical (unpaired) electrons. The molecule has 0 fully saturated rings. The van der Waals surface area contributed by atoms with Crippen LogP contribution in [0.4, 0.5) is 13.2 Å².